The fraction of sp³-hybridized carbons (Fsp3) is 0.154. The second-order valence-corrected chi connectivity index (χ2v) is 11.2. The van der Waals surface area contributed by atoms with Crippen LogP contribution in [0.4, 0.5) is 17.1 Å². The van der Waals surface area contributed by atoms with Crippen LogP contribution in [-0.2, 0) is 9.59 Å². The average molecular weight is 611 g/mol. The van der Waals surface area contributed by atoms with Crippen LogP contribution in [0, 0.1) is 17.2 Å². The van der Waals surface area contributed by atoms with Crippen molar-refractivity contribution in [2.24, 2.45) is 5.92 Å². The molecule has 0 aliphatic heterocycles. The maximum atomic E-state index is 13.0. The lowest BCUT2D eigenvalue weighted by molar-refractivity contribution is -0.117. The van der Waals surface area contributed by atoms with Crippen molar-refractivity contribution in [1.29, 1.82) is 5.26 Å². The number of anilines is 3. The smallest absolute Gasteiger partial charge is 0.257 e. The summed E-state index contributed by atoms with van der Waals surface area (Å²) >= 11 is 31.3. The van der Waals surface area contributed by atoms with Gasteiger partial charge in [0, 0.05) is 33.0 Å². The van der Waals surface area contributed by atoms with Gasteiger partial charge in [0.25, 0.3) is 5.91 Å². The molecule has 2 atom stereocenters. The van der Waals surface area contributed by atoms with E-state index in [-0.39, 0.29) is 17.0 Å². The summed E-state index contributed by atoms with van der Waals surface area (Å²) in [5, 5.41) is 17.5. The fourth-order valence-corrected chi connectivity index (χ4v) is 5.51. The first-order valence-electron chi connectivity index (χ1n) is 11.0. The number of amides is 3. The number of benzene rings is 3. The van der Waals surface area contributed by atoms with Crippen molar-refractivity contribution >= 4 is 92.8 Å². The zero-order valence-electron chi connectivity index (χ0n) is 19.2. The number of rotatable bonds is 7. The first kappa shape index (κ1) is 28.0. The fourth-order valence-electron chi connectivity index (χ4n) is 3.93. The van der Waals surface area contributed by atoms with Crippen molar-refractivity contribution in [3.63, 3.8) is 0 Å². The molecule has 0 bridgehead atoms. The minimum atomic E-state index is -1.36. The van der Waals surface area contributed by atoms with Crippen molar-refractivity contribution in [2.45, 2.75) is 16.7 Å². The number of carbonyl (C=O) groups excluding carboxylic acids is 3. The number of halogens is 5. The Morgan fingerprint density at radius 2 is 1.39 bits per heavy atom. The van der Waals surface area contributed by atoms with Crippen LogP contribution in [-0.4, -0.2) is 22.1 Å². The quantitative estimate of drug-likeness (QED) is 0.244. The van der Waals surface area contributed by atoms with Crippen LogP contribution in [0.5, 0.6) is 0 Å². The molecule has 1 aliphatic carbocycles. The number of alkyl halides is 2. The first-order chi connectivity index (χ1) is 18.0. The van der Waals surface area contributed by atoms with Gasteiger partial charge in [-0.3, -0.25) is 14.4 Å². The van der Waals surface area contributed by atoms with Crippen LogP contribution in [0.1, 0.15) is 28.3 Å². The molecule has 3 N–H and O–H groups in total. The predicted molar refractivity (Wildman–Crippen MR) is 150 cm³/mol. The molecule has 0 spiro atoms. The number of nitrogens with zero attached hydrogens (tertiary/aromatic N) is 1. The molecular weight excluding hydrogens is 594 g/mol. The molecule has 12 heteroatoms. The summed E-state index contributed by atoms with van der Waals surface area (Å²) in [6, 6.07) is 17.4. The summed E-state index contributed by atoms with van der Waals surface area (Å²) in [5.74, 6) is -2.71. The summed E-state index contributed by atoms with van der Waals surface area (Å²) in [6.45, 7) is 0. The van der Waals surface area contributed by atoms with E-state index in [1.807, 2.05) is 0 Å². The van der Waals surface area contributed by atoms with Crippen LogP contribution in [0.2, 0.25) is 15.1 Å². The Labute approximate surface area is 243 Å². The van der Waals surface area contributed by atoms with Gasteiger partial charge < -0.3 is 16.0 Å². The largest absolute Gasteiger partial charge is 0.326 e. The van der Waals surface area contributed by atoms with Crippen LogP contribution in [0.3, 0.4) is 0 Å². The summed E-state index contributed by atoms with van der Waals surface area (Å²) in [5.41, 5.74) is 1.99. The zero-order chi connectivity index (χ0) is 27.6. The molecule has 1 saturated carbocycles. The molecule has 0 aromatic heterocycles. The Morgan fingerprint density at radius 1 is 0.816 bits per heavy atom. The van der Waals surface area contributed by atoms with E-state index >= 15 is 0 Å². The topological polar surface area (TPSA) is 111 Å². The maximum absolute atomic E-state index is 13.0. The molecule has 0 radical (unpaired) electrons. The van der Waals surface area contributed by atoms with Crippen molar-refractivity contribution in [2.75, 3.05) is 16.0 Å². The number of nitriles is 1. The second-order valence-electron chi connectivity index (χ2n) is 8.43. The van der Waals surface area contributed by atoms with Gasteiger partial charge in [0.1, 0.15) is 10.8 Å². The van der Waals surface area contributed by atoms with E-state index in [1.54, 1.807) is 54.6 Å². The van der Waals surface area contributed by atoms with Gasteiger partial charge in [-0.2, -0.15) is 5.26 Å². The number of carbonyl (C=O) groups is 3. The third-order valence-corrected chi connectivity index (χ3v) is 7.43. The van der Waals surface area contributed by atoms with Gasteiger partial charge >= 0.3 is 0 Å². The minimum Gasteiger partial charge on any atom is -0.326 e. The standard InChI is InChI=1S/C26H17Cl5N4O3/c27-14-9-13(10-15(28)11-14)22-23(26(22,30)31)25(38)35-18-5-6-20(29)19(12-18)24(37)34-17-3-1-16(2-4-17)33-21(36)7-8-32/h1-6,9-12,22-23H,7H2,(H,33,36)(H,34,37)(H,35,38). The van der Waals surface area contributed by atoms with E-state index in [1.165, 1.54) is 12.1 Å². The summed E-state index contributed by atoms with van der Waals surface area (Å²) < 4.78 is -1.36. The highest BCUT2D eigenvalue weighted by atomic mass is 35.5. The molecule has 4 rings (SSSR count). The molecule has 1 fully saturated rings. The minimum absolute atomic E-state index is 0.118. The number of hydrogen-bond donors (Lipinski definition) is 3. The third-order valence-electron chi connectivity index (χ3n) is 5.72. The van der Waals surface area contributed by atoms with Crippen LogP contribution in [0.15, 0.2) is 60.7 Å². The summed E-state index contributed by atoms with van der Waals surface area (Å²) in [7, 11) is 0. The van der Waals surface area contributed by atoms with Gasteiger partial charge in [0.15, 0.2) is 0 Å². The molecule has 194 valence electrons. The van der Waals surface area contributed by atoms with Crippen molar-refractivity contribution in [3.05, 3.63) is 86.9 Å². The van der Waals surface area contributed by atoms with Gasteiger partial charge in [-0.05, 0) is 66.2 Å². The Balaban J connectivity index is 1.44. The molecule has 0 heterocycles. The second kappa shape index (κ2) is 11.4. The van der Waals surface area contributed by atoms with E-state index in [4.69, 9.17) is 63.3 Å². The van der Waals surface area contributed by atoms with Crippen LogP contribution < -0.4 is 16.0 Å². The highest BCUT2D eigenvalue weighted by molar-refractivity contribution is 6.53. The van der Waals surface area contributed by atoms with Gasteiger partial charge in [-0.25, -0.2) is 0 Å². The van der Waals surface area contributed by atoms with E-state index in [9.17, 15) is 14.4 Å². The molecule has 2 unspecified atom stereocenters. The van der Waals surface area contributed by atoms with E-state index < -0.39 is 33.9 Å². The third kappa shape index (κ3) is 6.35. The first-order valence-corrected chi connectivity index (χ1v) is 12.9. The summed E-state index contributed by atoms with van der Waals surface area (Å²) in [6.07, 6.45) is -0.267. The lowest BCUT2D eigenvalue weighted by Crippen LogP contribution is -2.18. The van der Waals surface area contributed by atoms with Gasteiger partial charge in [-0.1, -0.05) is 34.8 Å². The van der Waals surface area contributed by atoms with Crippen LogP contribution >= 0.6 is 58.0 Å². The molecular formula is C26H17Cl5N4O3. The van der Waals surface area contributed by atoms with E-state index in [2.05, 4.69) is 16.0 Å². The van der Waals surface area contributed by atoms with Gasteiger partial charge in [-0.15, -0.1) is 23.2 Å². The molecule has 38 heavy (non-hydrogen) atoms. The number of nitrogens with one attached hydrogen (secondary N) is 3. The number of hydrogen-bond acceptors (Lipinski definition) is 4. The zero-order valence-corrected chi connectivity index (χ0v) is 23.0. The monoisotopic (exact) mass is 608 g/mol. The van der Waals surface area contributed by atoms with Gasteiger partial charge in [0.2, 0.25) is 11.8 Å². The SMILES string of the molecule is N#CCC(=O)Nc1ccc(NC(=O)c2cc(NC(=O)C3C(c4cc(Cl)cc(Cl)c4)C3(Cl)Cl)ccc2Cl)cc1. The normalized spacial score (nSPS) is 17.2. The highest BCUT2D eigenvalue weighted by Gasteiger charge is 2.67. The molecule has 3 amide bonds. The van der Waals surface area contributed by atoms with E-state index in [0.29, 0.717) is 32.7 Å². The van der Waals surface area contributed by atoms with Crippen molar-refractivity contribution < 1.29 is 14.4 Å². The highest BCUT2D eigenvalue weighted by Crippen LogP contribution is 2.65. The Morgan fingerprint density at radius 3 is 2.00 bits per heavy atom. The van der Waals surface area contributed by atoms with Crippen LogP contribution in [0.25, 0.3) is 0 Å². The molecule has 1 aliphatic rings. The Bertz CT molecular complexity index is 1450. The Kier molecular flexibility index (Phi) is 8.41. The predicted octanol–water partition coefficient (Wildman–Crippen LogP) is 7.28. The molecule has 3 aromatic carbocycles. The lowest BCUT2D eigenvalue weighted by atomic mass is 10.1. The summed E-state index contributed by atoms with van der Waals surface area (Å²) in [4.78, 5) is 37.4. The Hall–Kier alpha value is -2.99. The molecule has 3 aromatic rings. The molecule has 7 nitrogen and oxygen atoms in total. The van der Waals surface area contributed by atoms with Crippen molar-refractivity contribution in [3.8, 4) is 6.07 Å². The average Bonchev–Trinajstić information content (AvgIpc) is 3.43. The molecule has 0 saturated heterocycles. The lowest BCUT2D eigenvalue weighted by Gasteiger charge is -2.11. The van der Waals surface area contributed by atoms with Gasteiger partial charge in [0.05, 0.1) is 22.6 Å². The maximum Gasteiger partial charge on any atom is 0.257 e. The van der Waals surface area contributed by atoms with Crippen molar-refractivity contribution in [1.82, 2.24) is 0 Å². The van der Waals surface area contributed by atoms with E-state index in [0.717, 1.165) is 0 Å².